The van der Waals surface area contributed by atoms with Crippen LogP contribution in [0.5, 0.6) is 11.5 Å². The molecule has 0 unspecified atom stereocenters. The van der Waals surface area contributed by atoms with E-state index in [0.29, 0.717) is 6.42 Å². The average molecular weight is 393 g/mol. The number of Topliss-reactive ketones (excluding diaryl/α,β-unsaturated/α-hetero) is 2. The second-order valence-corrected chi connectivity index (χ2v) is 7.26. The van der Waals surface area contributed by atoms with Crippen molar-refractivity contribution >= 4 is 17.5 Å². The highest BCUT2D eigenvalue weighted by molar-refractivity contribution is 6.23. The van der Waals surface area contributed by atoms with E-state index >= 15 is 0 Å². The number of rotatable bonds is 5. The van der Waals surface area contributed by atoms with Gasteiger partial charge in [-0.2, -0.15) is 0 Å². The summed E-state index contributed by atoms with van der Waals surface area (Å²) in [6.45, 7) is 1.77. The number of phenolic OH excluding ortho intramolecular Hbond substituents is 1. The van der Waals surface area contributed by atoms with Crippen LogP contribution in [0.1, 0.15) is 53.3 Å². The molecular weight excluding hydrogens is 370 g/mol. The molecule has 1 aromatic rings. The molecule has 1 saturated heterocycles. The maximum atomic E-state index is 13.2. The summed E-state index contributed by atoms with van der Waals surface area (Å²) in [5.41, 5.74) is -0.572. The van der Waals surface area contributed by atoms with Gasteiger partial charge in [0.05, 0.1) is 31.3 Å². The van der Waals surface area contributed by atoms with E-state index in [0.717, 1.165) is 6.07 Å². The number of benzene rings is 1. The molecule has 1 fully saturated rings. The van der Waals surface area contributed by atoms with Gasteiger partial charge in [0.15, 0.2) is 17.0 Å². The van der Waals surface area contributed by atoms with E-state index in [2.05, 4.69) is 0 Å². The van der Waals surface area contributed by atoms with Crippen LogP contribution in [0.2, 0.25) is 0 Å². The van der Waals surface area contributed by atoms with E-state index in [9.17, 15) is 29.7 Å². The molecule has 1 heterocycles. The van der Waals surface area contributed by atoms with Gasteiger partial charge in [-0.05, 0) is 12.5 Å². The summed E-state index contributed by atoms with van der Waals surface area (Å²) >= 11 is 0. The number of carbonyl (C=O) groups excluding carboxylic acids is 3. The van der Waals surface area contributed by atoms with E-state index < -0.39 is 58.6 Å². The van der Waals surface area contributed by atoms with Crippen molar-refractivity contribution in [2.45, 2.75) is 56.0 Å². The predicted molar refractivity (Wildman–Crippen MR) is 95.2 cm³/mol. The lowest BCUT2D eigenvalue weighted by molar-refractivity contribution is -0.233. The van der Waals surface area contributed by atoms with E-state index in [1.54, 1.807) is 6.92 Å². The molecule has 9 heteroatoms. The fourth-order valence-electron chi connectivity index (χ4n) is 4.16. The highest BCUT2D eigenvalue weighted by Gasteiger charge is 2.70. The smallest absolute Gasteiger partial charge is 0.220 e. The van der Waals surface area contributed by atoms with Gasteiger partial charge >= 0.3 is 0 Å². The van der Waals surface area contributed by atoms with Crippen LogP contribution in [0.25, 0.3) is 0 Å². The minimum absolute atomic E-state index is 0.109. The summed E-state index contributed by atoms with van der Waals surface area (Å²) in [6, 6.07) is 2.37. The number of ether oxygens (including phenoxy) is 2. The van der Waals surface area contributed by atoms with Crippen molar-refractivity contribution < 1.29 is 39.2 Å². The van der Waals surface area contributed by atoms with E-state index in [-0.39, 0.29) is 24.2 Å². The zero-order valence-corrected chi connectivity index (χ0v) is 15.6. The molecule has 3 rings (SSSR count). The lowest BCUT2D eigenvalue weighted by atomic mass is 9.60. The highest BCUT2D eigenvalue weighted by atomic mass is 16.5. The molecule has 9 nitrogen and oxygen atoms in total. The van der Waals surface area contributed by atoms with Crippen molar-refractivity contribution in [1.82, 2.24) is 0 Å². The maximum Gasteiger partial charge on any atom is 0.220 e. The number of methoxy groups -OCH3 is 1. The zero-order chi connectivity index (χ0) is 20.9. The molecular formula is C19H23NO8. The summed E-state index contributed by atoms with van der Waals surface area (Å²) in [6.07, 6.45) is -2.37. The third-order valence-electron chi connectivity index (χ3n) is 5.48. The summed E-state index contributed by atoms with van der Waals surface area (Å²) in [5, 5.41) is 32.9. The fourth-order valence-corrected chi connectivity index (χ4v) is 4.16. The van der Waals surface area contributed by atoms with Gasteiger partial charge in [0.25, 0.3) is 0 Å². The minimum atomic E-state index is -2.60. The van der Waals surface area contributed by atoms with Gasteiger partial charge in [0.1, 0.15) is 11.5 Å². The van der Waals surface area contributed by atoms with Crippen molar-refractivity contribution in [2.75, 3.05) is 7.11 Å². The van der Waals surface area contributed by atoms with Crippen LogP contribution in [0.4, 0.5) is 0 Å². The monoisotopic (exact) mass is 393 g/mol. The quantitative estimate of drug-likeness (QED) is 0.548. The number of fused-ring (bicyclic) bond motifs is 2. The number of phenols is 1. The van der Waals surface area contributed by atoms with Crippen LogP contribution in [-0.4, -0.2) is 63.3 Å². The first-order valence-corrected chi connectivity index (χ1v) is 8.99. The number of hydrogen-bond acceptors (Lipinski definition) is 8. The number of nitrogens with two attached hydrogens (primary N) is 1. The molecule has 1 aliphatic heterocycles. The van der Waals surface area contributed by atoms with E-state index in [1.165, 1.54) is 13.2 Å². The molecule has 0 saturated carbocycles. The number of amides is 1. The Morgan fingerprint density at radius 3 is 2.57 bits per heavy atom. The lowest BCUT2D eigenvalue weighted by Crippen LogP contribution is -2.75. The molecule has 152 valence electrons. The van der Waals surface area contributed by atoms with E-state index in [4.69, 9.17) is 15.2 Å². The Hall–Kier alpha value is -2.49. The SMILES string of the molecule is CCC[C@H]1O[C@H](CC(N)=O)C[C@]2(O)C(=O)c3cc(OC)cc(O)c3C(=O)[C@@]12O. The van der Waals surface area contributed by atoms with Crippen molar-refractivity contribution in [2.24, 2.45) is 5.73 Å². The van der Waals surface area contributed by atoms with Crippen molar-refractivity contribution in [1.29, 1.82) is 0 Å². The number of aromatic hydroxyl groups is 1. The van der Waals surface area contributed by atoms with Crippen LogP contribution in [0.3, 0.4) is 0 Å². The molecule has 0 spiro atoms. The molecule has 1 aliphatic carbocycles. The second kappa shape index (κ2) is 6.84. The molecule has 28 heavy (non-hydrogen) atoms. The van der Waals surface area contributed by atoms with Crippen LogP contribution < -0.4 is 10.5 Å². The molecule has 2 aliphatic rings. The Balaban J connectivity index is 2.21. The van der Waals surface area contributed by atoms with Crippen molar-refractivity contribution in [3.8, 4) is 11.5 Å². The zero-order valence-electron chi connectivity index (χ0n) is 15.6. The number of aliphatic hydroxyl groups is 2. The number of carbonyl (C=O) groups is 3. The average Bonchev–Trinajstić information content (AvgIpc) is 2.62. The summed E-state index contributed by atoms with van der Waals surface area (Å²) < 4.78 is 10.7. The molecule has 0 aromatic heterocycles. The first-order valence-electron chi connectivity index (χ1n) is 8.99. The number of ketones is 2. The summed E-state index contributed by atoms with van der Waals surface area (Å²) in [5.74, 6) is -3.10. The standard InChI is InChI=1S/C19H23NO8/c1-3-4-13-19(26)17(24)15-11(5-9(27-2)6-12(15)21)16(23)18(19,25)8-10(28-13)7-14(20)22/h5-6,10,13,21,25-26H,3-4,7-8H2,1-2H3,(H2,20,22)/t10-,13-,18+,19+/m1/s1. The fraction of sp³-hybridized carbons (Fsp3) is 0.526. The molecule has 5 N–H and O–H groups in total. The van der Waals surface area contributed by atoms with Gasteiger partial charge in [0, 0.05) is 18.1 Å². The molecule has 1 amide bonds. The lowest BCUT2D eigenvalue weighted by Gasteiger charge is -2.53. The second-order valence-electron chi connectivity index (χ2n) is 7.26. The van der Waals surface area contributed by atoms with Gasteiger partial charge in [-0.1, -0.05) is 13.3 Å². The van der Waals surface area contributed by atoms with Crippen LogP contribution in [0.15, 0.2) is 12.1 Å². The van der Waals surface area contributed by atoms with Gasteiger partial charge in [-0.3, -0.25) is 14.4 Å². The Labute approximate surface area is 161 Å². The topological polar surface area (TPSA) is 156 Å². The Kier molecular flexibility index (Phi) is 4.95. The highest BCUT2D eigenvalue weighted by Crippen LogP contribution is 2.49. The van der Waals surface area contributed by atoms with Crippen molar-refractivity contribution in [3.05, 3.63) is 23.3 Å². The van der Waals surface area contributed by atoms with Crippen LogP contribution in [-0.2, 0) is 9.53 Å². The number of hydrogen-bond donors (Lipinski definition) is 4. The first-order chi connectivity index (χ1) is 13.1. The van der Waals surface area contributed by atoms with Gasteiger partial charge in [-0.25, -0.2) is 0 Å². The van der Waals surface area contributed by atoms with Gasteiger partial charge in [-0.15, -0.1) is 0 Å². The predicted octanol–water partition coefficient (Wildman–Crippen LogP) is 0.0750. The van der Waals surface area contributed by atoms with Gasteiger partial charge in [0.2, 0.25) is 11.7 Å². The minimum Gasteiger partial charge on any atom is -0.507 e. The molecule has 0 radical (unpaired) electrons. The molecule has 4 atom stereocenters. The Morgan fingerprint density at radius 1 is 1.32 bits per heavy atom. The van der Waals surface area contributed by atoms with Crippen molar-refractivity contribution in [3.63, 3.8) is 0 Å². The number of primary amides is 1. The first kappa shape index (κ1) is 20.2. The normalized spacial score (nSPS) is 31.9. The summed E-state index contributed by atoms with van der Waals surface area (Å²) in [7, 11) is 1.32. The Bertz CT molecular complexity index is 853. The van der Waals surface area contributed by atoms with Gasteiger partial charge < -0.3 is 30.5 Å². The third kappa shape index (κ3) is 2.69. The third-order valence-corrected chi connectivity index (χ3v) is 5.48. The molecule has 0 bridgehead atoms. The summed E-state index contributed by atoms with van der Waals surface area (Å²) in [4.78, 5) is 37.8. The van der Waals surface area contributed by atoms with Crippen LogP contribution in [0, 0.1) is 0 Å². The Morgan fingerprint density at radius 2 is 2.00 bits per heavy atom. The maximum absolute atomic E-state index is 13.2. The largest absolute Gasteiger partial charge is 0.507 e. The van der Waals surface area contributed by atoms with Crippen LogP contribution >= 0.6 is 0 Å². The molecule has 1 aromatic carbocycles. The van der Waals surface area contributed by atoms with E-state index in [1.807, 2.05) is 0 Å².